The van der Waals surface area contributed by atoms with E-state index in [0.29, 0.717) is 5.02 Å². The van der Waals surface area contributed by atoms with E-state index >= 15 is 0 Å². The summed E-state index contributed by atoms with van der Waals surface area (Å²) in [6.45, 7) is 0. The maximum Gasteiger partial charge on any atom is 0.0589 e. The summed E-state index contributed by atoms with van der Waals surface area (Å²) in [4.78, 5) is 4.25. The SMILES string of the molecule is Clc1ccc(Cc2ccc(Br)cc2)nc1. The zero-order valence-electron chi connectivity index (χ0n) is 7.95. The first-order chi connectivity index (χ1) is 7.24. The van der Waals surface area contributed by atoms with Crippen LogP contribution in [0.1, 0.15) is 11.3 Å². The summed E-state index contributed by atoms with van der Waals surface area (Å²) in [6.07, 6.45) is 2.51. The van der Waals surface area contributed by atoms with Gasteiger partial charge in [0.2, 0.25) is 0 Å². The van der Waals surface area contributed by atoms with Crippen molar-refractivity contribution in [3.63, 3.8) is 0 Å². The number of halogens is 2. The van der Waals surface area contributed by atoms with Gasteiger partial charge in [0, 0.05) is 22.8 Å². The van der Waals surface area contributed by atoms with Crippen LogP contribution in [0.3, 0.4) is 0 Å². The molecule has 0 spiro atoms. The monoisotopic (exact) mass is 281 g/mol. The molecule has 0 unspecified atom stereocenters. The number of rotatable bonds is 2. The van der Waals surface area contributed by atoms with Crippen LogP contribution in [-0.4, -0.2) is 4.98 Å². The molecule has 0 aliphatic heterocycles. The molecule has 1 aromatic carbocycles. The molecule has 2 aromatic rings. The summed E-state index contributed by atoms with van der Waals surface area (Å²) in [6, 6.07) is 12.0. The lowest BCUT2D eigenvalue weighted by molar-refractivity contribution is 1.07. The molecule has 15 heavy (non-hydrogen) atoms. The summed E-state index contributed by atoms with van der Waals surface area (Å²) < 4.78 is 1.09. The molecule has 0 aliphatic rings. The van der Waals surface area contributed by atoms with Gasteiger partial charge in [-0.1, -0.05) is 39.7 Å². The predicted molar refractivity (Wildman–Crippen MR) is 66.2 cm³/mol. The first-order valence-electron chi connectivity index (χ1n) is 4.59. The van der Waals surface area contributed by atoms with E-state index in [1.54, 1.807) is 6.20 Å². The van der Waals surface area contributed by atoms with E-state index in [9.17, 15) is 0 Å². The van der Waals surface area contributed by atoms with E-state index in [1.807, 2.05) is 24.3 Å². The van der Waals surface area contributed by atoms with E-state index in [-0.39, 0.29) is 0 Å². The maximum absolute atomic E-state index is 5.77. The molecule has 1 aromatic heterocycles. The molecule has 3 heteroatoms. The third-order valence-electron chi connectivity index (χ3n) is 2.09. The molecule has 1 nitrogen and oxygen atoms in total. The molecule has 0 radical (unpaired) electrons. The smallest absolute Gasteiger partial charge is 0.0589 e. The Balaban J connectivity index is 2.15. The van der Waals surface area contributed by atoms with Gasteiger partial charge in [-0.15, -0.1) is 0 Å². The van der Waals surface area contributed by atoms with Crippen molar-refractivity contribution < 1.29 is 0 Å². The molecule has 0 N–H and O–H groups in total. The zero-order valence-corrected chi connectivity index (χ0v) is 10.3. The maximum atomic E-state index is 5.77. The minimum absolute atomic E-state index is 0.676. The molecular formula is C12H9BrClN. The van der Waals surface area contributed by atoms with Crippen LogP contribution in [0.15, 0.2) is 47.1 Å². The highest BCUT2D eigenvalue weighted by atomic mass is 79.9. The number of hydrogen-bond acceptors (Lipinski definition) is 1. The Morgan fingerprint density at radius 1 is 1.07 bits per heavy atom. The van der Waals surface area contributed by atoms with Gasteiger partial charge in [0.25, 0.3) is 0 Å². The molecule has 0 bridgehead atoms. The lowest BCUT2D eigenvalue weighted by atomic mass is 10.1. The Hall–Kier alpha value is -0.860. The number of aromatic nitrogens is 1. The first-order valence-corrected chi connectivity index (χ1v) is 5.76. The van der Waals surface area contributed by atoms with Crippen LogP contribution in [0, 0.1) is 0 Å². The van der Waals surface area contributed by atoms with Crippen molar-refractivity contribution in [1.29, 1.82) is 0 Å². The normalized spacial score (nSPS) is 10.3. The fourth-order valence-corrected chi connectivity index (χ4v) is 1.70. The third-order valence-corrected chi connectivity index (χ3v) is 2.84. The number of benzene rings is 1. The van der Waals surface area contributed by atoms with Gasteiger partial charge < -0.3 is 0 Å². The van der Waals surface area contributed by atoms with Gasteiger partial charge in [-0.2, -0.15) is 0 Å². The predicted octanol–water partition coefficient (Wildman–Crippen LogP) is 4.09. The fourth-order valence-electron chi connectivity index (χ4n) is 1.32. The van der Waals surface area contributed by atoms with Crippen LogP contribution >= 0.6 is 27.5 Å². The Morgan fingerprint density at radius 2 is 1.80 bits per heavy atom. The summed E-state index contributed by atoms with van der Waals surface area (Å²) in [5, 5.41) is 0.676. The van der Waals surface area contributed by atoms with Crippen LogP contribution in [0.5, 0.6) is 0 Å². The highest BCUT2D eigenvalue weighted by Crippen LogP contribution is 2.14. The highest BCUT2D eigenvalue weighted by molar-refractivity contribution is 9.10. The highest BCUT2D eigenvalue weighted by Gasteiger charge is 1.97. The largest absolute Gasteiger partial charge is 0.259 e. The minimum atomic E-state index is 0.676. The second-order valence-electron chi connectivity index (χ2n) is 3.27. The quantitative estimate of drug-likeness (QED) is 0.808. The van der Waals surface area contributed by atoms with Crippen molar-refractivity contribution in [2.75, 3.05) is 0 Å². The van der Waals surface area contributed by atoms with Crippen LogP contribution < -0.4 is 0 Å². The standard InChI is InChI=1S/C12H9BrClN/c13-10-3-1-9(2-4-10)7-12-6-5-11(14)8-15-12/h1-6,8H,7H2. The minimum Gasteiger partial charge on any atom is -0.259 e. The van der Waals surface area contributed by atoms with Gasteiger partial charge in [0.1, 0.15) is 0 Å². The fraction of sp³-hybridized carbons (Fsp3) is 0.0833. The molecule has 0 atom stereocenters. The van der Waals surface area contributed by atoms with Crippen molar-refractivity contribution in [1.82, 2.24) is 4.98 Å². The van der Waals surface area contributed by atoms with Crippen molar-refractivity contribution >= 4 is 27.5 Å². The Morgan fingerprint density at radius 3 is 2.40 bits per heavy atom. The van der Waals surface area contributed by atoms with Crippen molar-refractivity contribution in [3.05, 3.63) is 63.3 Å². The molecule has 0 saturated heterocycles. The zero-order chi connectivity index (χ0) is 10.7. The Bertz CT molecular complexity index is 393. The van der Waals surface area contributed by atoms with Gasteiger partial charge >= 0.3 is 0 Å². The van der Waals surface area contributed by atoms with Crippen LogP contribution in [0.2, 0.25) is 5.02 Å². The molecule has 2 rings (SSSR count). The van der Waals surface area contributed by atoms with Crippen molar-refractivity contribution in [2.24, 2.45) is 0 Å². The lowest BCUT2D eigenvalue weighted by Gasteiger charge is -2.01. The number of nitrogens with zero attached hydrogens (tertiary/aromatic N) is 1. The third kappa shape index (κ3) is 3.05. The Kier molecular flexibility index (Phi) is 3.39. The van der Waals surface area contributed by atoms with Crippen LogP contribution in [0.4, 0.5) is 0 Å². The van der Waals surface area contributed by atoms with E-state index in [1.165, 1.54) is 5.56 Å². The van der Waals surface area contributed by atoms with Gasteiger partial charge in [-0.25, -0.2) is 0 Å². The van der Waals surface area contributed by atoms with Crippen LogP contribution in [-0.2, 0) is 6.42 Å². The van der Waals surface area contributed by atoms with Crippen LogP contribution in [0.25, 0.3) is 0 Å². The summed E-state index contributed by atoms with van der Waals surface area (Å²) >= 11 is 9.17. The van der Waals surface area contributed by atoms with E-state index in [0.717, 1.165) is 16.6 Å². The van der Waals surface area contributed by atoms with Gasteiger partial charge in [-0.3, -0.25) is 4.98 Å². The average molecular weight is 283 g/mol. The topological polar surface area (TPSA) is 12.9 Å². The molecule has 76 valence electrons. The van der Waals surface area contributed by atoms with Crippen molar-refractivity contribution in [2.45, 2.75) is 6.42 Å². The van der Waals surface area contributed by atoms with E-state index in [2.05, 4.69) is 33.0 Å². The molecule has 0 saturated carbocycles. The second-order valence-corrected chi connectivity index (χ2v) is 4.62. The first kappa shape index (κ1) is 10.7. The Labute approximate surface area is 102 Å². The second kappa shape index (κ2) is 4.77. The summed E-state index contributed by atoms with van der Waals surface area (Å²) in [5.74, 6) is 0. The van der Waals surface area contributed by atoms with Gasteiger partial charge in [-0.05, 0) is 29.8 Å². The molecule has 1 heterocycles. The van der Waals surface area contributed by atoms with Gasteiger partial charge in [0.05, 0.1) is 5.02 Å². The lowest BCUT2D eigenvalue weighted by Crippen LogP contribution is -1.90. The van der Waals surface area contributed by atoms with Crippen molar-refractivity contribution in [3.8, 4) is 0 Å². The van der Waals surface area contributed by atoms with Gasteiger partial charge in [0.15, 0.2) is 0 Å². The number of hydrogen-bond donors (Lipinski definition) is 0. The molecular weight excluding hydrogens is 273 g/mol. The molecule has 0 aliphatic carbocycles. The molecule has 0 amide bonds. The van der Waals surface area contributed by atoms with E-state index < -0.39 is 0 Å². The van der Waals surface area contributed by atoms with E-state index in [4.69, 9.17) is 11.6 Å². The molecule has 0 fully saturated rings. The average Bonchev–Trinajstić information content (AvgIpc) is 2.25. The summed E-state index contributed by atoms with van der Waals surface area (Å²) in [5.41, 5.74) is 2.27. The summed E-state index contributed by atoms with van der Waals surface area (Å²) in [7, 11) is 0. The number of pyridine rings is 1.